The Hall–Kier alpha value is -1.11. The molecular weight excluding hydrogens is 252 g/mol. The van der Waals surface area contributed by atoms with Gasteiger partial charge >= 0.3 is 0 Å². The molecule has 0 aromatic heterocycles. The van der Waals surface area contributed by atoms with Crippen molar-refractivity contribution in [2.45, 2.75) is 18.2 Å². The van der Waals surface area contributed by atoms with E-state index in [2.05, 4.69) is 4.72 Å². The van der Waals surface area contributed by atoms with Crippen molar-refractivity contribution < 1.29 is 13.5 Å². The summed E-state index contributed by atoms with van der Waals surface area (Å²) in [6, 6.07) is 6.70. The quantitative estimate of drug-likeness (QED) is 0.770. The Labute approximate surface area is 108 Å². The minimum absolute atomic E-state index is 0.150. The van der Waals surface area contributed by atoms with Gasteiger partial charge in [-0.05, 0) is 30.7 Å². The lowest BCUT2D eigenvalue weighted by Gasteiger charge is -2.19. The van der Waals surface area contributed by atoms with Crippen molar-refractivity contribution in [1.82, 2.24) is 4.72 Å². The first-order valence-corrected chi connectivity index (χ1v) is 7.41. The zero-order valence-corrected chi connectivity index (χ0v) is 11.6. The highest BCUT2D eigenvalue weighted by atomic mass is 32.2. The molecule has 0 saturated heterocycles. The normalized spacial score (nSPS) is 11.5. The van der Waals surface area contributed by atoms with Crippen LogP contribution in [-0.4, -0.2) is 40.3 Å². The fraction of sp³-hybridized carbons (Fsp3) is 0.500. The fourth-order valence-electron chi connectivity index (χ4n) is 1.59. The first kappa shape index (κ1) is 14.9. The minimum Gasteiger partial charge on any atom is -0.396 e. The van der Waals surface area contributed by atoms with Crippen LogP contribution >= 0.6 is 0 Å². The average Bonchev–Trinajstić information content (AvgIpc) is 2.36. The lowest BCUT2D eigenvalue weighted by Crippen LogP contribution is -2.23. The summed E-state index contributed by atoms with van der Waals surface area (Å²) >= 11 is 0. The van der Waals surface area contributed by atoms with Crippen LogP contribution in [0.15, 0.2) is 29.2 Å². The number of benzene rings is 1. The summed E-state index contributed by atoms with van der Waals surface area (Å²) in [5.41, 5.74) is 0.930. The summed E-state index contributed by atoms with van der Waals surface area (Å²) in [5, 5.41) is 8.76. The maximum atomic E-state index is 11.7. The summed E-state index contributed by atoms with van der Waals surface area (Å²) in [6.07, 6.45) is 0.688. The lowest BCUT2D eigenvalue weighted by molar-refractivity contribution is 0.290. The van der Waals surface area contributed by atoms with Crippen molar-refractivity contribution in [2.75, 3.05) is 31.6 Å². The second kappa shape index (κ2) is 6.72. The highest BCUT2D eigenvalue weighted by Gasteiger charge is 2.12. The van der Waals surface area contributed by atoms with Gasteiger partial charge in [0.25, 0.3) is 0 Å². The van der Waals surface area contributed by atoms with Crippen molar-refractivity contribution in [3.05, 3.63) is 24.3 Å². The minimum atomic E-state index is -3.38. The van der Waals surface area contributed by atoms with E-state index < -0.39 is 10.0 Å². The smallest absolute Gasteiger partial charge is 0.240 e. The van der Waals surface area contributed by atoms with Crippen LogP contribution in [0.3, 0.4) is 0 Å². The molecule has 0 unspecified atom stereocenters. The number of nitrogens with one attached hydrogen (secondary N) is 1. The Morgan fingerprint density at radius 1 is 1.28 bits per heavy atom. The summed E-state index contributed by atoms with van der Waals surface area (Å²) in [6.45, 7) is 3.00. The predicted octanol–water partition coefficient (Wildman–Crippen LogP) is 0.803. The van der Waals surface area contributed by atoms with Crippen molar-refractivity contribution in [3.63, 3.8) is 0 Å². The Morgan fingerprint density at radius 3 is 2.39 bits per heavy atom. The monoisotopic (exact) mass is 272 g/mol. The van der Waals surface area contributed by atoms with Gasteiger partial charge in [-0.2, -0.15) is 0 Å². The van der Waals surface area contributed by atoms with Crippen LogP contribution in [0, 0.1) is 0 Å². The molecule has 1 aromatic carbocycles. The Balaban J connectivity index is 2.80. The number of nitrogens with zero attached hydrogens (tertiary/aromatic N) is 1. The van der Waals surface area contributed by atoms with Crippen molar-refractivity contribution >= 4 is 15.7 Å². The molecule has 18 heavy (non-hydrogen) atoms. The number of rotatable bonds is 7. The molecule has 6 heteroatoms. The maximum Gasteiger partial charge on any atom is 0.240 e. The van der Waals surface area contributed by atoms with Gasteiger partial charge in [0.2, 0.25) is 10.0 Å². The third-order valence-corrected chi connectivity index (χ3v) is 4.14. The molecule has 0 atom stereocenters. The number of aliphatic hydroxyl groups excluding tert-OH is 1. The SMILES string of the molecule is CCNS(=O)(=O)c1ccc(N(C)CCCO)cc1. The van der Waals surface area contributed by atoms with Gasteiger partial charge in [-0.25, -0.2) is 13.1 Å². The zero-order chi connectivity index (χ0) is 13.6. The van der Waals surface area contributed by atoms with E-state index in [1.165, 1.54) is 0 Å². The first-order valence-electron chi connectivity index (χ1n) is 5.93. The number of anilines is 1. The molecule has 0 heterocycles. The molecule has 1 rings (SSSR count). The fourth-order valence-corrected chi connectivity index (χ4v) is 2.63. The first-order chi connectivity index (χ1) is 8.51. The summed E-state index contributed by atoms with van der Waals surface area (Å²) < 4.78 is 25.9. The van der Waals surface area contributed by atoms with E-state index in [-0.39, 0.29) is 11.5 Å². The van der Waals surface area contributed by atoms with Gasteiger partial charge in [0.15, 0.2) is 0 Å². The highest BCUT2D eigenvalue weighted by Crippen LogP contribution is 2.16. The van der Waals surface area contributed by atoms with Crippen molar-refractivity contribution in [1.29, 1.82) is 0 Å². The Kier molecular flexibility index (Phi) is 5.58. The molecule has 0 aliphatic heterocycles. The largest absolute Gasteiger partial charge is 0.396 e. The van der Waals surface area contributed by atoms with Crippen LogP contribution in [0.4, 0.5) is 5.69 Å². The van der Waals surface area contributed by atoms with Gasteiger partial charge in [-0.3, -0.25) is 0 Å². The van der Waals surface area contributed by atoms with E-state index in [1.54, 1.807) is 31.2 Å². The highest BCUT2D eigenvalue weighted by molar-refractivity contribution is 7.89. The Morgan fingerprint density at radius 2 is 1.89 bits per heavy atom. The number of sulfonamides is 1. The van der Waals surface area contributed by atoms with Crippen LogP contribution in [0.25, 0.3) is 0 Å². The molecule has 0 amide bonds. The predicted molar refractivity (Wildman–Crippen MR) is 72.3 cm³/mol. The summed E-state index contributed by atoms with van der Waals surface area (Å²) in [7, 11) is -1.47. The summed E-state index contributed by atoms with van der Waals surface area (Å²) in [5.74, 6) is 0. The Bertz CT molecular complexity index is 457. The molecule has 0 radical (unpaired) electrons. The van der Waals surface area contributed by atoms with Crippen LogP contribution in [0.2, 0.25) is 0 Å². The zero-order valence-electron chi connectivity index (χ0n) is 10.8. The van der Waals surface area contributed by atoms with Crippen LogP contribution in [0.5, 0.6) is 0 Å². The second-order valence-corrected chi connectivity index (χ2v) is 5.76. The maximum absolute atomic E-state index is 11.7. The molecule has 0 bridgehead atoms. The topological polar surface area (TPSA) is 69.6 Å². The van der Waals surface area contributed by atoms with E-state index in [9.17, 15) is 8.42 Å². The average molecular weight is 272 g/mol. The second-order valence-electron chi connectivity index (χ2n) is 3.99. The van der Waals surface area contributed by atoms with Crippen molar-refractivity contribution in [3.8, 4) is 0 Å². The van der Waals surface area contributed by atoms with Gasteiger partial charge < -0.3 is 10.0 Å². The molecular formula is C12H20N2O3S. The lowest BCUT2D eigenvalue weighted by atomic mass is 10.3. The van der Waals surface area contributed by atoms with Crippen LogP contribution in [0.1, 0.15) is 13.3 Å². The molecule has 102 valence electrons. The molecule has 1 aromatic rings. The third-order valence-electron chi connectivity index (χ3n) is 2.57. The van der Waals surface area contributed by atoms with Crippen LogP contribution < -0.4 is 9.62 Å². The van der Waals surface area contributed by atoms with Crippen LogP contribution in [-0.2, 0) is 10.0 Å². The molecule has 0 fully saturated rings. The molecule has 0 spiro atoms. The van der Waals surface area contributed by atoms with Gasteiger partial charge in [-0.1, -0.05) is 6.92 Å². The third kappa shape index (κ3) is 3.97. The molecule has 0 saturated carbocycles. The van der Waals surface area contributed by atoms with Gasteiger partial charge in [0, 0.05) is 32.4 Å². The van der Waals surface area contributed by atoms with E-state index in [0.29, 0.717) is 13.0 Å². The molecule has 0 aliphatic carbocycles. The molecule has 5 nitrogen and oxygen atoms in total. The van der Waals surface area contributed by atoms with E-state index >= 15 is 0 Å². The molecule has 2 N–H and O–H groups in total. The van der Waals surface area contributed by atoms with E-state index in [0.717, 1.165) is 12.2 Å². The van der Waals surface area contributed by atoms with Gasteiger partial charge in [0.05, 0.1) is 4.90 Å². The number of hydrogen-bond donors (Lipinski definition) is 2. The van der Waals surface area contributed by atoms with Crippen molar-refractivity contribution in [2.24, 2.45) is 0 Å². The standard InChI is InChI=1S/C12H20N2O3S/c1-3-13-18(16,17)12-7-5-11(6-8-12)14(2)9-4-10-15/h5-8,13,15H,3-4,9-10H2,1-2H3. The molecule has 0 aliphatic rings. The summed E-state index contributed by atoms with van der Waals surface area (Å²) in [4.78, 5) is 2.24. The van der Waals surface area contributed by atoms with E-state index in [1.807, 2.05) is 11.9 Å². The number of aliphatic hydroxyl groups is 1. The van der Waals surface area contributed by atoms with Gasteiger partial charge in [-0.15, -0.1) is 0 Å². The number of hydrogen-bond acceptors (Lipinski definition) is 4. The van der Waals surface area contributed by atoms with Gasteiger partial charge in [0.1, 0.15) is 0 Å². The van der Waals surface area contributed by atoms with E-state index in [4.69, 9.17) is 5.11 Å².